The summed E-state index contributed by atoms with van der Waals surface area (Å²) in [5.41, 5.74) is 0. The van der Waals surface area contributed by atoms with Gasteiger partial charge in [0.1, 0.15) is 0 Å². The average Bonchev–Trinajstić information content (AvgIpc) is 2.29. The number of aliphatic hydroxyl groups excluding tert-OH is 1. The van der Waals surface area contributed by atoms with Crippen LogP contribution in [0.2, 0.25) is 0 Å². The Balaban J connectivity index is 1.97. The molecule has 1 amide bonds. The van der Waals surface area contributed by atoms with Crippen LogP contribution in [0.15, 0.2) is 0 Å². The molecule has 0 aliphatic carbocycles. The largest absolute Gasteiger partial charge is 0.393 e. The third-order valence-corrected chi connectivity index (χ3v) is 2.85. The Kier molecular flexibility index (Phi) is 7.16. The maximum absolute atomic E-state index is 11.5. The number of carbonyl (C=O) groups excluding carboxylic acids is 1. The molecule has 5 nitrogen and oxygen atoms in total. The summed E-state index contributed by atoms with van der Waals surface area (Å²) < 4.78 is 5.23. The lowest BCUT2D eigenvalue weighted by Crippen LogP contribution is -2.43. The van der Waals surface area contributed by atoms with E-state index < -0.39 is 0 Å². The number of rotatable bonds is 7. The van der Waals surface area contributed by atoms with Gasteiger partial charge in [-0.15, -0.1) is 0 Å². The van der Waals surface area contributed by atoms with Crippen molar-refractivity contribution >= 4 is 5.91 Å². The molecular formula is C12H24N2O3. The quantitative estimate of drug-likeness (QED) is 0.553. The zero-order valence-corrected chi connectivity index (χ0v) is 10.6. The lowest BCUT2D eigenvalue weighted by molar-refractivity contribution is -0.121. The highest BCUT2D eigenvalue weighted by atomic mass is 16.5. The number of nitrogens with one attached hydrogen (secondary N) is 2. The van der Waals surface area contributed by atoms with E-state index in [0.29, 0.717) is 6.54 Å². The van der Waals surface area contributed by atoms with E-state index in [2.05, 4.69) is 10.6 Å². The van der Waals surface area contributed by atoms with Gasteiger partial charge in [-0.05, 0) is 39.2 Å². The number of aliphatic hydroxyl groups is 1. The van der Waals surface area contributed by atoms with Crippen LogP contribution in [0.4, 0.5) is 0 Å². The van der Waals surface area contributed by atoms with E-state index in [1.165, 1.54) is 0 Å². The maximum Gasteiger partial charge on any atom is 0.234 e. The molecule has 0 saturated carbocycles. The summed E-state index contributed by atoms with van der Waals surface area (Å²) in [6, 6.07) is 0.274. The first-order valence-corrected chi connectivity index (χ1v) is 6.44. The Morgan fingerprint density at radius 2 is 2.18 bits per heavy atom. The predicted molar refractivity (Wildman–Crippen MR) is 65.8 cm³/mol. The molecule has 1 aliphatic rings. The predicted octanol–water partition coefficient (Wildman–Crippen LogP) is 0.0322. The van der Waals surface area contributed by atoms with Crippen LogP contribution in [0.25, 0.3) is 0 Å². The molecule has 1 saturated heterocycles. The van der Waals surface area contributed by atoms with Crippen molar-refractivity contribution in [1.29, 1.82) is 0 Å². The minimum Gasteiger partial charge on any atom is -0.393 e. The van der Waals surface area contributed by atoms with Gasteiger partial charge in [-0.2, -0.15) is 0 Å². The second-order valence-corrected chi connectivity index (χ2v) is 4.62. The first-order valence-electron chi connectivity index (χ1n) is 6.44. The Morgan fingerprint density at radius 3 is 2.82 bits per heavy atom. The maximum atomic E-state index is 11.5. The second kappa shape index (κ2) is 8.44. The lowest BCUT2D eigenvalue weighted by Gasteiger charge is -2.23. The second-order valence-electron chi connectivity index (χ2n) is 4.62. The molecule has 17 heavy (non-hydrogen) atoms. The summed E-state index contributed by atoms with van der Waals surface area (Å²) >= 11 is 0. The molecule has 1 unspecified atom stereocenters. The molecule has 1 heterocycles. The first-order chi connectivity index (χ1) is 8.18. The zero-order chi connectivity index (χ0) is 12.5. The summed E-state index contributed by atoms with van der Waals surface area (Å²) in [6.45, 7) is 4.39. The molecule has 1 aliphatic heterocycles. The molecule has 1 atom stereocenters. The van der Waals surface area contributed by atoms with Gasteiger partial charge in [0, 0.05) is 19.3 Å². The van der Waals surface area contributed by atoms with Crippen molar-refractivity contribution in [2.45, 2.75) is 44.8 Å². The van der Waals surface area contributed by atoms with Crippen LogP contribution in [-0.2, 0) is 9.53 Å². The standard InChI is InChI=1S/C12H24N2O3/c1-10(15)3-2-6-13-9-12(16)14-11-4-7-17-8-5-11/h10-11,13,15H,2-9H2,1H3,(H,14,16). The van der Waals surface area contributed by atoms with E-state index in [0.717, 1.165) is 45.4 Å². The van der Waals surface area contributed by atoms with E-state index in [1.807, 2.05) is 0 Å². The third-order valence-electron chi connectivity index (χ3n) is 2.85. The Hall–Kier alpha value is -0.650. The van der Waals surface area contributed by atoms with Crippen LogP contribution in [-0.4, -0.2) is 49.5 Å². The van der Waals surface area contributed by atoms with Gasteiger partial charge in [0.15, 0.2) is 0 Å². The molecule has 100 valence electrons. The lowest BCUT2D eigenvalue weighted by atomic mass is 10.1. The van der Waals surface area contributed by atoms with Gasteiger partial charge in [0.25, 0.3) is 0 Å². The fourth-order valence-electron chi connectivity index (χ4n) is 1.85. The van der Waals surface area contributed by atoms with Gasteiger partial charge < -0.3 is 20.5 Å². The van der Waals surface area contributed by atoms with Crippen molar-refractivity contribution in [3.8, 4) is 0 Å². The average molecular weight is 244 g/mol. The summed E-state index contributed by atoms with van der Waals surface area (Å²) in [6.07, 6.45) is 3.23. The normalized spacial score (nSPS) is 18.9. The van der Waals surface area contributed by atoms with Gasteiger partial charge in [-0.1, -0.05) is 0 Å². The number of hydrogen-bond acceptors (Lipinski definition) is 4. The van der Waals surface area contributed by atoms with Crippen molar-refractivity contribution in [2.75, 3.05) is 26.3 Å². The minimum atomic E-state index is -0.257. The molecule has 5 heteroatoms. The molecular weight excluding hydrogens is 220 g/mol. The molecule has 0 aromatic carbocycles. The van der Waals surface area contributed by atoms with Crippen LogP contribution >= 0.6 is 0 Å². The molecule has 0 bridgehead atoms. The minimum absolute atomic E-state index is 0.0500. The number of amides is 1. The Bertz CT molecular complexity index is 216. The molecule has 3 N–H and O–H groups in total. The van der Waals surface area contributed by atoms with Crippen LogP contribution in [0.3, 0.4) is 0 Å². The van der Waals surface area contributed by atoms with E-state index in [1.54, 1.807) is 6.92 Å². The van der Waals surface area contributed by atoms with Crippen LogP contribution in [0, 0.1) is 0 Å². The fraction of sp³-hybridized carbons (Fsp3) is 0.917. The molecule has 0 aromatic heterocycles. The number of carbonyl (C=O) groups is 1. The van der Waals surface area contributed by atoms with Crippen LogP contribution in [0.1, 0.15) is 32.6 Å². The van der Waals surface area contributed by atoms with Gasteiger partial charge in [0.2, 0.25) is 5.91 Å². The molecule has 1 rings (SSSR count). The smallest absolute Gasteiger partial charge is 0.234 e. The van der Waals surface area contributed by atoms with E-state index in [9.17, 15) is 4.79 Å². The Labute approximate surface area is 103 Å². The SMILES string of the molecule is CC(O)CCCNCC(=O)NC1CCOCC1. The van der Waals surface area contributed by atoms with Crippen molar-refractivity contribution in [1.82, 2.24) is 10.6 Å². The number of hydrogen-bond donors (Lipinski definition) is 3. The molecule has 0 aromatic rings. The summed E-state index contributed by atoms with van der Waals surface area (Å²) in [7, 11) is 0. The van der Waals surface area contributed by atoms with Crippen LogP contribution in [0.5, 0.6) is 0 Å². The topological polar surface area (TPSA) is 70.6 Å². The Morgan fingerprint density at radius 1 is 1.47 bits per heavy atom. The van der Waals surface area contributed by atoms with Gasteiger partial charge in [0.05, 0.1) is 12.6 Å². The summed E-state index contributed by atoms with van der Waals surface area (Å²) in [4.78, 5) is 11.5. The van der Waals surface area contributed by atoms with E-state index >= 15 is 0 Å². The third kappa shape index (κ3) is 7.31. The van der Waals surface area contributed by atoms with E-state index in [4.69, 9.17) is 9.84 Å². The summed E-state index contributed by atoms with van der Waals surface area (Å²) in [5.74, 6) is 0.0500. The molecule has 1 fully saturated rings. The van der Waals surface area contributed by atoms with Crippen LogP contribution < -0.4 is 10.6 Å². The van der Waals surface area contributed by atoms with Gasteiger partial charge >= 0.3 is 0 Å². The monoisotopic (exact) mass is 244 g/mol. The molecule has 0 radical (unpaired) electrons. The van der Waals surface area contributed by atoms with Crippen molar-refractivity contribution < 1.29 is 14.6 Å². The molecule has 0 spiro atoms. The summed E-state index contributed by atoms with van der Waals surface area (Å²) in [5, 5.41) is 15.1. The van der Waals surface area contributed by atoms with Gasteiger partial charge in [-0.3, -0.25) is 4.79 Å². The van der Waals surface area contributed by atoms with E-state index in [-0.39, 0.29) is 18.1 Å². The highest BCUT2D eigenvalue weighted by molar-refractivity contribution is 5.78. The zero-order valence-electron chi connectivity index (χ0n) is 10.6. The highest BCUT2D eigenvalue weighted by Crippen LogP contribution is 2.05. The fourth-order valence-corrected chi connectivity index (χ4v) is 1.85. The van der Waals surface area contributed by atoms with Gasteiger partial charge in [-0.25, -0.2) is 0 Å². The number of ether oxygens (including phenoxy) is 1. The highest BCUT2D eigenvalue weighted by Gasteiger charge is 2.15. The first kappa shape index (κ1) is 14.4. The van der Waals surface area contributed by atoms with Crippen molar-refractivity contribution in [2.24, 2.45) is 0 Å². The van der Waals surface area contributed by atoms with Crippen molar-refractivity contribution in [3.63, 3.8) is 0 Å². The van der Waals surface area contributed by atoms with Crippen molar-refractivity contribution in [3.05, 3.63) is 0 Å².